The van der Waals surface area contributed by atoms with Gasteiger partial charge in [0, 0.05) is 54.6 Å². The van der Waals surface area contributed by atoms with Crippen LogP contribution in [0.3, 0.4) is 0 Å². The molecule has 0 saturated carbocycles. The van der Waals surface area contributed by atoms with E-state index >= 15 is 0 Å². The maximum atomic E-state index is 11.7. The first-order chi connectivity index (χ1) is 13.3. The van der Waals surface area contributed by atoms with Crippen LogP contribution in [0.5, 0.6) is 0 Å². The van der Waals surface area contributed by atoms with Crippen LogP contribution in [-0.4, -0.2) is 60.0 Å². The third kappa shape index (κ3) is 4.65. The topological polar surface area (TPSA) is 142 Å². The van der Waals surface area contributed by atoms with Crippen LogP contribution in [0.15, 0.2) is 34.9 Å². The van der Waals surface area contributed by atoms with E-state index in [1.165, 1.54) is 18.2 Å². The van der Waals surface area contributed by atoms with Crippen LogP contribution in [0.4, 0.5) is 0 Å². The Kier molecular flexibility index (Phi) is 5.59. The highest BCUT2D eigenvalue weighted by molar-refractivity contribution is 6.17. The van der Waals surface area contributed by atoms with Gasteiger partial charge in [-0.1, -0.05) is 0 Å². The summed E-state index contributed by atoms with van der Waals surface area (Å²) < 4.78 is 0. The molecule has 0 unspecified atom stereocenters. The van der Waals surface area contributed by atoms with E-state index in [-0.39, 0.29) is 0 Å². The van der Waals surface area contributed by atoms with Crippen molar-refractivity contribution in [2.24, 2.45) is 0 Å². The zero-order valence-electron chi connectivity index (χ0n) is 14.9. The Hall–Kier alpha value is -3.40. The van der Waals surface area contributed by atoms with Crippen LogP contribution in [0, 0.1) is 0 Å². The number of hydrogen-bond donors (Lipinski definition) is 3. The van der Waals surface area contributed by atoms with Crippen LogP contribution < -0.4 is 16.0 Å². The molecule has 6 amide bonds. The van der Waals surface area contributed by atoms with Crippen molar-refractivity contribution >= 4 is 35.4 Å². The molecule has 0 radical (unpaired) electrons. The summed E-state index contributed by atoms with van der Waals surface area (Å²) in [5.41, 5.74) is 1.07. The zero-order chi connectivity index (χ0) is 20.3. The van der Waals surface area contributed by atoms with Gasteiger partial charge in [-0.2, -0.15) is 0 Å². The molecule has 28 heavy (non-hydrogen) atoms. The molecule has 0 aromatic rings. The van der Waals surface area contributed by atoms with Crippen LogP contribution in [-0.2, 0) is 28.8 Å². The first-order valence-electron chi connectivity index (χ1n) is 8.72. The minimum atomic E-state index is -0.455. The number of imide groups is 3. The average molecular weight is 386 g/mol. The lowest BCUT2D eigenvalue weighted by Crippen LogP contribution is -2.31. The summed E-state index contributed by atoms with van der Waals surface area (Å²) in [6.07, 6.45) is 4.68. The zero-order valence-corrected chi connectivity index (χ0v) is 14.9. The van der Waals surface area contributed by atoms with Gasteiger partial charge in [0.25, 0.3) is 35.4 Å². The summed E-state index contributed by atoms with van der Waals surface area (Å²) in [4.78, 5) is 70.7. The molecule has 3 N–H and O–H groups in total. The quantitative estimate of drug-likeness (QED) is 0.397. The maximum Gasteiger partial charge on any atom is 0.254 e. The lowest BCUT2D eigenvalue weighted by Gasteiger charge is -2.22. The van der Waals surface area contributed by atoms with Crippen LogP contribution in [0.1, 0.15) is 19.3 Å². The van der Waals surface area contributed by atoms with Crippen LogP contribution >= 0.6 is 0 Å². The molecule has 0 aromatic heterocycles. The molecule has 0 aliphatic carbocycles. The van der Waals surface area contributed by atoms with Crippen molar-refractivity contribution < 1.29 is 28.8 Å². The van der Waals surface area contributed by atoms with Gasteiger partial charge in [0.1, 0.15) is 0 Å². The Bertz CT molecular complexity index is 768. The van der Waals surface area contributed by atoms with Crippen molar-refractivity contribution in [3.8, 4) is 0 Å². The van der Waals surface area contributed by atoms with Gasteiger partial charge in [-0.05, 0) is 19.3 Å². The third-order valence-electron chi connectivity index (χ3n) is 4.59. The molecule has 10 heteroatoms. The number of carbonyl (C=O) groups excluding carboxylic acids is 6. The number of amides is 6. The number of rotatable bonds is 9. The van der Waals surface area contributed by atoms with Crippen molar-refractivity contribution in [3.63, 3.8) is 0 Å². The number of nitrogens with one attached hydrogen (secondary N) is 3. The molecule has 146 valence electrons. The first kappa shape index (κ1) is 19.4. The molecule has 3 heterocycles. The predicted molar refractivity (Wildman–Crippen MR) is 94.0 cm³/mol. The molecule has 0 fully saturated rings. The Morgan fingerprint density at radius 1 is 0.536 bits per heavy atom. The fraction of sp³-hybridized carbons (Fsp3) is 0.333. The maximum absolute atomic E-state index is 11.7. The molecular weight excluding hydrogens is 368 g/mol. The van der Waals surface area contributed by atoms with Crippen molar-refractivity contribution in [1.82, 2.24) is 20.9 Å². The highest BCUT2D eigenvalue weighted by Gasteiger charge is 2.25. The van der Waals surface area contributed by atoms with E-state index in [1.807, 2.05) is 4.90 Å². The standard InChI is InChI=1S/C18H18N4O6/c23-13-7-10(16(26)19-13)1-4-22(5-2-11-8-14(24)20-17(11)27)6-3-12-9-15(25)21-18(12)28/h7-9H,1-6H2,(H,19,23,26)(H,20,24,27)(H,21,25,28). The number of carbonyl (C=O) groups is 6. The van der Waals surface area contributed by atoms with Crippen molar-refractivity contribution in [2.45, 2.75) is 19.3 Å². The Balaban J connectivity index is 1.60. The molecule has 3 aliphatic heterocycles. The molecule has 0 spiro atoms. The van der Waals surface area contributed by atoms with Gasteiger partial charge in [0.05, 0.1) is 0 Å². The van der Waals surface area contributed by atoms with Gasteiger partial charge >= 0.3 is 0 Å². The highest BCUT2D eigenvalue weighted by Crippen LogP contribution is 2.15. The van der Waals surface area contributed by atoms with Gasteiger partial charge in [-0.15, -0.1) is 0 Å². The summed E-state index contributed by atoms with van der Waals surface area (Å²) in [5.74, 6) is -2.66. The second-order valence-corrected chi connectivity index (χ2v) is 6.56. The van der Waals surface area contributed by atoms with E-state index in [9.17, 15) is 28.8 Å². The lowest BCUT2D eigenvalue weighted by atomic mass is 10.1. The van der Waals surface area contributed by atoms with Crippen molar-refractivity contribution in [1.29, 1.82) is 0 Å². The largest absolute Gasteiger partial charge is 0.302 e. The summed E-state index contributed by atoms with van der Waals surface area (Å²) in [5, 5.41) is 6.53. The lowest BCUT2D eigenvalue weighted by molar-refractivity contribution is -0.125. The Labute approximate surface area is 159 Å². The second kappa shape index (κ2) is 8.09. The Morgan fingerprint density at radius 2 is 0.821 bits per heavy atom. The summed E-state index contributed by atoms with van der Waals surface area (Å²) in [6.45, 7) is 1.20. The van der Waals surface area contributed by atoms with Crippen LogP contribution in [0.2, 0.25) is 0 Å². The second-order valence-electron chi connectivity index (χ2n) is 6.56. The molecule has 0 saturated heterocycles. The molecule has 3 rings (SSSR count). The normalized spacial score (nSPS) is 19.0. The molecule has 3 aliphatic rings. The fourth-order valence-corrected chi connectivity index (χ4v) is 3.08. The predicted octanol–water partition coefficient (Wildman–Crippen LogP) is -1.79. The Morgan fingerprint density at radius 3 is 1.04 bits per heavy atom. The van der Waals surface area contributed by atoms with Gasteiger partial charge in [0.15, 0.2) is 0 Å². The van der Waals surface area contributed by atoms with E-state index in [2.05, 4.69) is 16.0 Å². The highest BCUT2D eigenvalue weighted by atomic mass is 16.2. The molecule has 0 atom stereocenters. The van der Waals surface area contributed by atoms with Gasteiger partial charge in [-0.25, -0.2) is 0 Å². The summed E-state index contributed by atoms with van der Waals surface area (Å²) in [7, 11) is 0. The van der Waals surface area contributed by atoms with E-state index in [1.54, 1.807) is 0 Å². The van der Waals surface area contributed by atoms with Gasteiger partial charge < -0.3 is 4.90 Å². The smallest absolute Gasteiger partial charge is 0.254 e. The molecular formula is C18H18N4O6. The molecule has 10 nitrogen and oxygen atoms in total. The van der Waals surface area contributed by atoms with E-state index in [4.69, 9.17) is 0 Å². The third-order valence-corrected chi connectivity index (χ3v) is 4.59. The average Bonchev–Trinajstić information content (AvgIpc) is 3.23. The SMILES string of the molecule is O=C1C=C(CCN(CCC2=CC(=O)NC2=O)CCC2=CC(=O)NC2=O)C(=O)N1. The minimum absolute atomic E-state index is 0.311. The number of nitrogens with zero attached hydrogens (tertiary/aromatic N) is 1. The van der Waals surface area contributed by atoms with E-state index in [0.29, 0.717) is 55.6 Å². The summed E-state index contributed by atoms with van der Waals surface area (Å²) >= 11 is 0. The first-order valence-corrected chi connectivity index (χ1v) is 8.72. The fourth-order valence-electron chi connectivity index (χ4n) is 3.08. The molecule has 0 aromatic carbocycles. The van der Waals surface area contributed by atoms with Crippen molar-refractivity contribution in [2.75, 3.05) is 19.6 Å². The van der Waals surface area contributed by atoms with E-state index < -0.39 is 35.4 Å². The monoisotopic (exact) mass is 386 g/mol. The van der Waals surface area contributed by atoms with Gasteiger partial charge in [0.2, 0.25) is 0 Å². The number of hydrogen-bond acceptors (Lipinski definition) is 7. The van der Waals surface area contributed by atoms with Gasteiger partial charge in [-0.3, -0.25) is 44.7 Å². The van der Waals surface area contributed by atoms with Crippen LogP contribution in [0.25, 0.3) is 0 Å². The minimum Gasteiger partial charge on any atom is -0.302 e. The van der Waals surface area contributed by atoms with E-state index in [0.717, 1.165) is 0 Å². The summed E-state index contributed by atoms with van der Waals surface area (Å²) in [6, 6.07) is 0. The molecule has 0 bridgehead atoms. The van der Waals surface area contributed by atoms with Crippen molar-refractivity contribution in [3.05, 3.63) is 34.9 Å².